The Kier molecular flexibility index (Phi) is 4.96. The van der Waals surface area contributed by atoms with Crippen LogP contribution >= 0.6 is 0 Å². The van der Waals surface area contributed by atoms with Gasteiger partial charge >= 0.3 is 0 Å². The van der Waals surface area contributed by atoms with Crippen molar-refractivity contribution in [2.24, 2.45) is 0 Å². The van der Waals surface area contributed by atoms with Gasteiger partial charge in [-0.2, -0.15) is 5.26 Å². The van der Waals surface area contributed by atoms with Crippen molar-refractivity contribution in [2.45, 2.75) is 10.6 Å². The molecule has 0 unspecified atom stereocenters. The normalized spacial score (nSPS) is 11.5. The van der Waals surface area contributed by atoms with E-state index in [1.807, 2.05) is 30.3 Å². The molecule has 0 spiro atoms. The van der Waals surface area contributed by atoms with Crippen LogP contribution in [0.2, 0.25) is 0 Å². The highest BCUT2D eigenvalue weighted by molar-refractivity contribution is 7.84. The van der Waals surface area contributed by atoms with Crippen molar-refractivity contribution in [3.05, 3.63) is 53.6 Å². The maximum absolute atomic E-state index is 12.6. The van der Waals surface area contributed by atoms with Gasteiger partial charge in [-0.25, -0.2) is 0 Å². The topological polar surface area (TPSA) is 59.3 Å². The number of nitrogens with zero attached hydrogens (tertiary/aromatic N) is 1. The van der Waals surface area contributed by atoms with Gasteiger partial charge in [-0.05, 0) is 11.6 Å². The minimum absolute atomic E-state index is 0.285. The van der Waals surface area contributed by atoms with Crippen molar-refractivity contribution >= 4 is 10.8 Å². The van der Waals surface area contributed by atoms with Gasteiger partial charge in [-0.3, -0.25) is 4.21 Å². The first-order valence-electron chi connectivity index (χ1n) is 6.28. The molecular weight excluding hydrogens is 286 g/mol. The minimum atomic E-state index is -1.35. The predicted molar refractivity (Wildman–Crippen MR) is 80.8 cm³/mol. The Bertz CT molecular complexity index is 693. The number of methoxy groups -OCH3 is 2. The number of nitriles is 1. The highest BCUT2D eigenvalue weighted by Crippen LogP contribution is 2.31. The van der Waals surface area contributed by atoms with Crippen LogP contribution < -0.4 is 9.47 Å². The molecule has 0 amide bonds. The van der Waals surface area contributed by atoms with E-state index >= 15 is 0 Å². The first-order chi connectivity index (χ1) is 10.2. The summed E-state index contributed by atoms with van der Waals surface area (Å²) in [5.74, 6) is 1.22. The maximum Gasteiger partial charge on any atom is 0.141 e. The van der Waals surface area contributed by atoms with Crippen LogP contribution in [0, 0.1) is 11.3 Å². The van der Waals surface area contributed by atoms with Crippen LogP contribution in [0.25, 0.3) is 0 Å². The standard InChI is InChI=1S/C16H15NO3S/c1-19-13-8-15(20-2)14(10-17)16(9-13)21(18)11-12-6-4-3-5-7-12/h3-9H,11H2,1-2H3/t21-/m0/s1. The minimum Gasteiger partial charge on any atom is -0.497 e. The molecule has 0 aliphatic rings. The van der Waals surface area contributed by atoms with E-state index in [4.69, 9.17) is 9.47 Å². The zero-order valence-electron chi connectivity index (χ0n) is 11.8. The Hall–Kier alpha value is -2.32. The zero-order chi connectivity index (χ0) is 15.2. The third-order valence-corrected chi connectivity index (χ3v) is 4.40. The molecule has 0 fully saturated rings. The van der Waals surface area contributed by atoms with Crippen molar-refractivity contribution in [2.75, 3.05) is 14.2 Å². The van der Waals surface area contributed by atoms with E-state index in [0.717, 1.165) is 5.56 Å². The van der Waals surface area contributed by atoms with Gasteiger partial charge in [-0.15, -0.1) is 0 Å². The van der Waals surface area contributed by atoms with Crippen LogP contribution in [0.4, 0.5) is 0 Å². The second-order valence-corrected chi connectivity index (χ2v) is 5.71. The summed E-state index contributed by atoms with van der Waals surface area (Å²) in [6, 6.07) is 14.8. The van der Waals surface area contributed by atoms with Gasteiger partial charge in [0.25, 0.3) is 0 Å². The molecule has 0 N–H and O–H groups in total. The third-order valence-electron chi connectivity index (χ3n) is 2.99. The smallest absolute Gasteiger partial charge is 0.141 e. The van der Waals surface area contributed by atoms with Gasteiger partial charge in [0, 0.05) is 6.07 Å². The Labute approximate surface area is 126 Å². The molecule has 2 aromatic rings. The van der Waals surface area contributed by atoms with Gasteiger partial charge in [0.1, 0.15) is 23.1 Å². The molecule has 21 heavy (non-hydrogen) atoms. The molecule has 2 rings (SSSR count). The van der Waals surface area contributed by atoms with E-state index < -0.39 is 10.8 Å². The maximum atomic E-state index is 12.6. The van der Waals surface area contributed by atoms with Crippen LogP contribution in [0.1, 0.15) is 11.1 Å². The van der Waals surface area contributed by atoms with Crippen LogP contribution in [-0.4, -0.2) is 18.4 Å². The Balaban J connectivity index is 2.42. The van der Waals surface area contributed by atoms with E-state index in [-0.39, 0.29) is 5.56 Å². The number of benzene rings is 2. The lowest BCUT2D eigenvalue weighted by Gasteiger charge is -2.11. The fraction of sp³-hybridized carbons (Fsp3) is 0.188. The number of ether oxygens (including phenoxy) is 2. The molecule has 0 heterocycles. The molecule has 0 saturated heterocycles. The largest absolute Gasteiger partial charge is 0.497 e. The molecule has 0 aliphatic carbocycles. The van der Waals surface area contributed by atoms with Crippen molar-refractivity contribution in [1.29, 1.82) is 5.26 Å². The monoisotopic (exact) mass is 301 g/mol. The van der Waals surface area contributed by atoms with Crippen molar-refractivity contribution < 1.29 is 13.7 Å². The summed E-state index contributed by atoms with van der Waals surface area (Å²) >= 11 is 0. The molecule has 0 aliphatic heterocycles. The predicted octanol–water partition coefficient (Wildman–Crippen LogP) is 2.88. The van der Waals surface area contributed by atoms with Crippen LogP contribution in [0.5, 0.6) is 11.5 Å². The summed E-state index contributed by atoms with van der Waals surface area (Å²) in [6.45, 7) is 0. The van der Waals surface area contributed by atoms with Gasteiger partial charge in [0.2, 0.25) is 0 Å². The molecule has 0 radical (unpaired) electrons. The molecule has 2 aromatic carbocycles. The summed E-state index contributed by atoms with van der Waals surface area (Å²) in [5, 5.41) is 9.30. The molecule has 0 saturated carbocycles. The first-order valence-corrected chi connectivity index (χ1v) is 7.60. The molecule has 4 nitrogen and oxygen atoms in total. The first kappa shape index (κ1) is 15.1. The van der Waals surface area contributed by atoms with Crippen LogP contribution in [-0.2, 0) is 16.6 Å². The lowest BCUT2D eigenvalue weighted by Crippen LogP contribution is -2.02. The van der Waals surface area contributed by atoms with Crippen molar-refractivity contribution in [3.63, 3.8) is 0 Å². The van der Waals surface area contributed by atoms with Gasteiger partial charge in [-0.1, -0.05) is 30.3 Å². The SMILES string of the molecule is COc1cc(OC)c(C#N)c([S@@](=O)Cc2ccccc2)c1. The fourth-order valence-electron chi connectivity index (χ4n) is 1.94. The molecule has 5 heteroatoms. The molecule has 0 bridgehead atoms. The molecule has 1 atom stereocenters. The average Bonchev–Trinajstić information content (AvgIpc) is 2.54. The van der Waals surface area contributed by atoms with Crippen molar-refractivity contribution in [1.82, 2.24) is 0 Å². The van der Waals surface area contributed by atoms with E-state index in [1.165, 1.54) is 14.2 Å². The highest BCUT2D eigenvalue weighted by Gasteiger charge is 2.17. The third kappa shape index (κ3) is 3.41. The van der Waals surface area contributed by atoms with Gasteiger partial charge < -0.3 is 9.47 Å². The van der Waals surface area contributed by atoms with Gasteiger partial charge in [0.15, 0.2) is 0 Å². The molecule has 0 aromatic heterocycles. The Morgan fingerprint density at radius 1 is 1.14 bits per heavy atom. The summed E-state index contributed by atoms with van der Waals surface area (Å²) in [5.41, 5.74) is 1.23. The van der Waals surface area contributed by atoms with E-state index in [1.54, 1.807) is 12.1 Å². The summed E-state index contributed by atoms with van der Waals surface area (Å²) in [4.78, 5) is 0.428. The number of rotatable bonds is 5. The second kappa shape index (κ2) is 6.91. The lowest BCUT2D eigenvalue weighted by atomic mass is 10.2. The summed E-state index contributed by atoms with van der Waals surface area (Å²) in [7, 11) is 1.64. The lowest BCUT2D eigenvalue weighted by molar-refractivity contribution is 0.391. The Morgan fingerprint density at radius 2 is 1.86 bits per heavy atom. The fourth-order valence-corrected chi connectivity index (χ4v) is 3.21. The average molecular weight is 301 g/mol. The van der Waals surface area contributed by atoms with Crippen LogP contribution in [0.3, 0.4) is 0 Å². The van der Waals surface area contributed by atoms with Crippen molar-refractivity contribution in [3.8, 4) is 17.6 Å². The van der Waals surface area contributed by atoms with Crippen LogP contribution in [0.15, 0.2) is 47.4 Å². The second-order valence-electron chi connectivity index (χ2n) is 4.29. The Morgan fingerprint density at radius 3 is 2.43 bits per heavy atom. The van der Waals surface area contributed by atoms with E-state index in [0.29, 0.717) is 22.1 Å². The molecule has 108 valence electrons. The highest BCUT2D eigenvalue weighted by atomic mass is 32.2. The number of hydrogen-bond donors (Lipinski definition) is 0. The number of hydrogen-bond acceptors (Lipinski definition) is 4. The van der Waals surface area contributed by atoms with Gasteiger partial charge in [0.05, 0.1) is 35.7 Å². The summed E-state index contributed by atoms with van der Waals surface area (Å²) < 4.78 is 22.9. The molecular formula is C16H15NO3S. The zero-order valence-corrected chi connectivity index (χ0v) is 12.6. The summed E-state index contributed by atoms with van der Waals surface area (Å²) in [6.07, 6.45) is 0. The van der Waals surface area contributed by atoms with E-state index in [2.05, 4.69) is 6.07 Å². The van der Waals surface area contributed by atoms with E-state index in [9.17, 15) is 9.47 Å². The quantitative estimate of drug-likeness (QED) is 0.852.